The van der Waals surface area contributed by atoms with Gasteiger partial charge in [-0.25, -0.2) is 0 Å². The Kier molecular flexibility index (Phi) is 3.43. The first-order valence-electron chi connectivity index (χ1n) is 6.01. The molecule has 13 heavy (non-hydrogen) atoms. The highest BCUT2D eigenvalue weighted by molar-refractivity contribution is 4.94. The van der Waals surface area contributed by atoms with Crippen molar-refractivity contribution >= 4 is 0 Å². The highest BCUT2D eigenvalue weighted by Crippen LogP contribution is 2.54. The molecule has 0 radical (unpaired) electrons. The monoisotopic (exact) mass is 182 g/mol. The van der Waals surface area contributed by atoms with Crippen molar-refractivity contribution in [3.63, 3.8) is 0 Å². The van der Waals surface area contributed by atoms with E-state index in [2.05, 4.69) is 34.6 Å². The zero-order chi connectivity index (χ0) is 10.1. The first-order valence-corrected chi connectivity index (χ1v) is 6.01. The standard InChI is InChI=1S/C13H26/c1-6-8-13(5)9-7-12(13)11(4)10(2)3/h10-12H,6-9H2,1-5H3. The molecule has 3 unspecified atom stereocenters. The molecule has 1 rings (SSSR count). The molecule has 0 aromatic heterocycles. The molecule has 1 saturated carbocycles. The maximum absolute atomic E-state index is 2.50. The summed E-state index contributed by atoms with van der Waals surface area (Å²) in [5.41, 5.74) is 0.693. The van der Waals surface area contributed by atoms with Crippen molar-refractivity contribution in [3.8, 4) is 0 Å². The number of hydrogen-bond donors (Lipinski definition) is 0. The second kappa shape index (κ2) is 4.02. The van der Waals surface area contributed by atoms with Crippen molar-refractivity contribution in [2.24, 2.45) is 23.2 Å². The minimum atomic E-state index is 0.693. The van der Waals surface area contributed by atoms with E-state index in [9.17, 15) is 0 Å². The van der Waals surface area contributed by atoms with Gasteiger partial charge in [0.1, 0.15) is 0 Å². The molecular formula is C13H26. The molecule has 1 aliphatic carbocycles. The van der Waals surface area contributed by atoms with Crippen molar-refractivity contribution in [1.82, 2.24) is 0 Å². The molecule has 0 amide bonds. The lowest BCUT2D eigenvalue weighted by atomic mass is 9.54. The van der Waals surface area contributed by atoms with E-state index in [-0.39, 0.29) is 0 Å². The van der Waals surface area contributed by atoms with Crippen LogP contribution in [0.4, 0.5) is 0 Å². The molecule has 0 aromatic rings. The fraction of sp³-hybridized carbons (Fsp3) is 1.00. The van der Waals surface area contributed by atoms with Gasteiger partial charge in [0.15, 0.2) is 0 Å². The molecule has 0 spiro atoms. The lowest BCUT2D eigenvalue weighted by Gasteiger charge is -2.51. The Morgan fingerprint density at radius 3 is 2.23 bits per heavy atom. The lowest BCUT2D eigenvalue weighted by Crippen LogP contribution is -2.42. The van der Waals surface area contributed by atoms with Crippen molar-refractivity contribution in [1.29, 1.82) is 0 Å². The molecule has 0 bridgehead atoms. The molecule has 0 aliphatic heterocycles. The Labute approximate surface area is 84.1 Å². The Morgan fingerprint density at radius 1 is 1.31 bits per heavy atom. The minimum Gasteiger partial charge on any atom is -0.0654 e. The summed E-state index contributed by atoms with van der Waals surface area (Å²) >= 11 is 0. The molecular weight excluding hydrogens is 156 g/mol. The van der Waals surface area contributed by atoms with Crippen molar-refractivity contribution in [2.45, 2.75) is 60.3 Å². The summed E-state index contributed by atoms with van der Waals surface area (Å²) in [4.78, 5) is 0. The van der Waals surface area contributed by atoms with Gasteiger partial charge < -0.3 is 0 Å². The average Bonchev–Trinajstić information content (AvgIpc) is 2.03. The summed E-state index contributed by atoms with van der Waals surface area (Å²) < 4.78 is 0. The topological polar surface area (TPSA) is 0 Å². The molecule has 0 heterocycles. The fourth-order valence-corrected chi connectivity index (χ4v) is 3.05. The van der Waals surface area contributed by atoms with Crippen LogP contribution in [0.3, 0.4) is 0 Å². The van der Waals surface area contributed by atoms with Gasteiger partial charge in [0.2, 0.25) is 0 Å². The summed E-state index contributed by atoms with van der Waals surface area (Å²) in [5, 5.41) is 0. The van der Waals surface area contributed by atoms with Crippen molar-refractivity contribution < 1.29 is 0 Å². The van der Waals surface area contributed by atoms with Crippen LogP contribution >= 0.6 is 0 Å². The Balaban J connectivity index is 2.52. The normalized spacial score (nSPS) is 36.0. The van der Waals surface area contributed by atoms with Crippen LogP contribution in [0, 0.1) is 23.2 Å². The van der Waals surface area contributed by atoms with Gasteiger partial charge in [-0.05, 0) is 42.4 Å². The minimum absolute atomic E-state index is 0.693. The summed E-state index contributed by atoms with van der Waals surface area (Å²) in [6, 6.07) is 0. The van der Waals surface area contributed by atoms with Gasteiger partial charge in [0.05, 0.1) is 0 Å². The zero-order valence-corrected chi connectivity index (χ0v) is 10.1. The van der Waals surface area contributed by atoms with E-state index < -0.39 is 0 Å². The first kappa shape index (κ1) is 11.1. The van der Waals surface area contributed by atoms with Crippen LogP contribution in [0.25, 0.3) is 0 Å². The van der Waals surface area contributed by atoms with Crippen molar-refractivity contribution in [3.05, 3.63) is 0 Å². The predicted octanol–water partition coefficient (Wildman–Crippen LogP) is 4.49. The maximum atomic E-state index is 2.50. The second-order valence-electron chi connectivity index (χ2n) is 5.65. The molecule has 3 atom stereocenters. The quantitative estimate of drug-likeness (QED) is 0.600. The van der Waals surface area contributed by atoms with Crippen LogP contribution in [0.2, 0.25) is 0 Å². The van der Waals surface area contributed by atoms with E-state index in [1.165, 1.54) is 25.7 Å². The maximum Gasteiger partial charge on any atom is -0.0295 e. The van der Waals surface area contributed by atoms with Gasteiger partial charge in [-0.1, -0.05) is 41.0 Å². The van der Waals surface area contributed by atoms with Gasteiger partial charge in [0, 0.05) is 0 Å². The molecule has 1 fully saturated rings. The van der Waals surface area contributed by atoms with Gasteiger partial charge >= 0.3 is 0 Å². The second-order valence-corrected chi connectivity index (χ2v) is 5.65. The summed E-state index contributed by atoms with van der Waals surface area (Å²) in [6.45, 7) is 12.0. The summed E-state index contributed by atoms with van der Waals surface area (Å²) in [7, 11) is 0. The molecule has 0 nitrogen and oxygen atoms in total. The van der Waals surface area contributed by atoms with Crippen LogP contribution < -0.4 is 0 Å². The van der Waals surface area contributed by atoms with Gasteiger partial charge in [-0.2, -0.15) is 0 Å². The highest BCUT2D eigenvalue weighted by atomic mass is 14.5. The molecule has 0 saturated heterocycles. The SMILES string of the molecule is CCCC1(C)CCC1C(C)C(C)C. The smallest absolute Gasteiger partial charge is 0.0295 e. The highest BCUT2D eigenvalue weighted by Gasteiger charge is 2.44. The van der Waals surface area contributed by atoms with E-state index in [0.29, 0.717) is 5.41 Å². The number of rotatable bonds is 4. The van der Waals surface area contributed by atoms with E-state index in [4.69, 9.17) is 0 Å². The Morgan fingerprint density at radius 2 is 1.92 bits per heavy atom. The van der Waals surface area contributed by atoms with Crippen LogP contribution in [-0.2, 0) is 0 Å². The van der Waals surface area contributed by atoms with Crippen LogP contribution in [-0.4, -0.2) is 0 Å². The van der Waals surface area contributed by atoms with Crippen LogP contribution in [0.5, 0.6) is 0 Å². The van der Waals surface area contributed by atoms with E-state index in [1.807, 2.05) is 0 Å². The third kappa shape index (κ3) is 2.08. The van der Waals surface area contributed by atoms with E-state index >= 15 is 0 Å². The van der Waals surface area contributed by atoms with E-state index in [1.54, 1.807) is 0 Å². The third-order valence-corrected chi connectivity index (χ3v) is 4.43. The summed E-state index contributed by atoms with van der Waals surface area (Å²) in [6.07, 6.45) is 5.75. The molecule has 0 aromatic carbocycles. The molecule has 78 valence electrons. The number of hydrogen-bond acceptors (Lipinski definition) is 0. The third-order valence-electron chi connectivity index (χ3n) is 4.43. The zero-order valence-electron chi connectivity index (χ0n) is 10.1. The van der Waals surface area contributed by atoms with Gasteiger partial charge in [0.25, 0.3) is 0 Å². The Bertz CT molecular complexity index is 159. The fourth-order valence-electron chi connectivity index (χ4n) is 3.05. The Hall–Kier alpha value is 0. The largest absolute Gasteiger partial charge is 0.0654 e. The molecule has 1 aliphatic rings. The van der Waals surface area contributed by atoms with Crippen LogP contribution in [0.1, 0.15) is 60.3 Å². The lowest BCUT2D eigenvalue weighted by molar-refractivity contribution is -0.0151. The molecule has 0 heteroatoms. The average molecular weight is 182 g/mol. The first-order chi connectivity index (χ1) is 6.01. The van der Waals surface area contributed by atoms with Gasteiger partial charge in [-0.15, -0.1) is 0 Å². The van der Waals surface area contributed by atoms with Crippen LogP contribution in [0.15, 0.2) is 0 Å². The molecule has 0 N–H and O–H groups in total. The van der Waals surface area contributed by atoms with Gasteiger partial charge in [-0.3, -0.25) is 0 Å². The predicted molar refractivity (Wildman–Crippen MR) is 59.7 cm³/mol. The summed E-state index contributed by atoms with van der Waals surface area (Å²) in [5.74, 6) is 2.79. The van der Waals surface area contributed by atoms with E-state index in [0.717, 1.165) is 17.8 Å². The van der Waals surface area contributed by atoms with Crippen molar-refractivity contribution in [2.75, 3.05) is 0 Å².